The van der Waals surface area contributed by atoms with Gasteiger partial charge in [-0.15, -0.1) is 0 Å². The maximum Gasteiger partial charge on any atom is 0.253 e. The molecule has 1 aliphatic carbocycles. The summed E-state index contributed by atoms with van der Waals surface area (Å²) < 4.78 is 5.78. The fourth-order valence-corrected chi connectivity index (χ4v) is 5.15. The van der Waals surface area contributed by atoms with Gasteiger partial charge < -0.3 is 9.64 Å². The molecule has 2 aromatic rings. The van der Waals surface area contributed by atoms with Gasteiger partial charge in [-0.1, -0.05) is 42.8 Å². The van der Waals surface area contributed by atoms with Crippen LogP contribution < -0.4 is 0 Å². The van der Waals surface area contributed by atoms with E-state index in [1.165, 1.54) is 30.4 Å². The summed E-state index contributed by atoms with van der Waals surface area (Å²) >= 11 is 0. The number of likely N-dealkylation sites (tertiary alicyclic amines) is 1. The van der Waals surface area contributed by atoms with Gasteiger partial charge in [0.05, 0.1) is 6.10 Å². The predicted molar refractivity (Wildman–Crippen MR) is 109 cm³/mol. The van der Waals surface area contributed by atoms with Gasteiger partial charge in [0, 0.05) is 31.2 Å². The van der Waals surface area contributed by atoms with Gasteiger partial charge in [0.15, 0.2) is 0 Å². The second kappa shape index (κ2) is 7.47. The SMILES string of the molecule is CO[C@@H]1CCC[C@]12CCCN(C(=O)c1ccc(-c3ccccc3C)cc1)C2. The molecule has 0 radical (unpaired) electrons. The smallest absolute Gasteiger partial charge is 0.253 e. The van der Waals surface area contributed by atoms with Crippen LogP contribution in [0.25, 0.3) is 11.1 Å². The normalized spacial score (nSPS) is 25.1. The zero-order valence-electron chi connectivity index (χ0n) is 16.4. The molecule has 1 amide bonds. The molecule has 1 spiro atoms. The molecule has 142 valence electrons. The number of ether oxygens (including phenoxy) is 1. The average Bonchev–Trinajstić information content (AvgIpc) is 3.09. The van der Waals surface area contributed by atoms with E-state index >= 15 is 0 Å². The first-order valence-electron chi connectivity index (χ1n) is 10.1. The highest BCUT2D eigenvalue weighted by Crippen LogP contribution is 2.46. The molecule has 27 heavy (non-hydrogen) atoms. The van der Waals surface area contributed by atoms with Crippen LogP contribution in [0.3, 0.4) is 0 Å². The van der Waals surface area contributed by atoms with Crippen LogP contribution >= 0.6 is 0 Å². The first-order valence-corrected chi connectivity index (χ1v) is 10.1. The van der Waals surface area contributed by atoms with Crippen molar-refractivity contribution < 1.29 is 9.53 Å². The molecular weight excluding hydrogens is 334 g/mol. The number of hydrogen-bond acceptors (Lipinski definition) is 2. The number of methoxy groups -OCH3 is 1. The lowest BCUT2D eigenvalue weighted by molar-refractivity contribution is -0.0295. The monoisotopic (exact) mass is 363 g/mol. The lowest BCUT2D eigenvalue weighted by Crippen LogP contribution is -2.49. The lowest BCUT2D eigenvalue weighted by Gasteiger charge is -2.43. The summed E-state index contributed by atoms with van der Waals surface area (Å²) in [6, 6.07) is 16.5. The minimum Gasteiger partial charge on any atom is -0.381 e. The second-order valence-electron chi connectivity index (χ2n) is 8.20. The van der Waals surface area contributed by atoms with Crippen LogP contribution in [0, 0.1) is 12.3 Å². The van der Waals surface area contributed by atoms with Gasteiger partial charge in [-0.25, -0.2) is 0 Å². The molecule has 2 fully saturated rings. The molecule has 0 unspecified atom stereocenters. The van der Waals surface area contributed by atoms with Crippen LogP contribution in [0.1, 0.15) is 48.0 Å². The zero-order valence-corrected chi connectivity index (χ0v) is 16.4. The molecule has 3 heteroatoms. The van der Waals surface area contributed by atoms with E-state index in [0.717, 1.165) is 37.1 Å². The number of amides is 1. The Labute approximate surface area is 162 Å². The Bertz CT molecular complexity index is 813. The van der Waals surface area contributed by atoms with Crippen molar-refractivity contribution in [3.05, 3.63) is 59.7 Å². The van der Waals surface area contributed by atoms with E-state index in [2.05, 4.69) is 48.2 Å². The van der Waals surface area contributed by atoms with Crippen LogP contribution in [0.15, 0.2) is 48.5 Å². The van der Waals surface area contributed by atoms with Crippen molar-refractivity contribution in [1.29, 1.82) is 0 Å². The summed E-state index contributed by atoms with van der Waals surface area (Å²) in [6.45, 7) is 3.82. The van der Waals surface area contributed by atoms with Crippen LogP contribution in [-0.2, 0) is 4.74 Å². The molecule has 3 nitrogen and oxygen atoms in total. The molecule has 2 atom stereocenters. The number of piperidine rings is 1. The van der Waals surface area contributed by atoms with E-state index < -0.39 is 0 Å². The topological polar surface area (TPSA) is 29.5 Å². The summed E-state index contributed by atoms with van der Waals surface area (Å²) in [7, 11) is 1.82. The molecule has 1 heterocycles. The van der Waals surface area contributed by atoms with Crippen molar-refractivity contribution in [3.63, 3.8) is 0 Å². The highest BCUT2D eigenvalue weighted by atomic mass is 16.5. The summed E-state index contributed by atoms with van der Waals surface area (Å²) in [5, 5.41) is 0. The van der Waals surface area contributed by atoms with Gasteiger partial charge in [0.25, 0.3) is 5.91 Å². The van der Waals surface area contributed by atoms with Crippen molar-refractivity contribution in [1.82, 2.24) is 4.90 Å². The highest BCUT2D eigenvalue weighted by Gasteiger charge is 2.46. The quantitative estimate of drug-likeness (QED) is 0.761. The number of carbonyl (C=O) groups is 1. The Morgan fingerprint density at radius 1 is 1.07 bits per heavy atom. The molecule has 2 aliphatic rings. The largest absolute Gasteiger partial charge is 0.381 e. The van der Waals surface area contributed by atoms with Gasteiger partial charge in [0.2, 0.25) is 0 Å². The number of rotatable bonds is 3. The van der Waals surface area contributed by atoms with E-state index in [1.807, 2.05) is 19.2 Å². The van der Waals surface area contributed by atoms with Gasteiger partial charge in [-0.05, 0) is 61.4 Å². The Kier molecular flexibility index (Phi) is 5.05. The summed E-state index contributed by atoms with van der Waals surface area (Å²) in [6.07, 6.45) is 6.09. The fraction of sp³-hybridized carbons (Fsp3) is 0.458. The van der Waals surface area contributed by atoms with E-state index in [0.29, 0.717) is 6.10 Å². The molecule has 1 aliphatic heterocycles. The van der Waals surface area contributed by atoms with Crippen LogP contribution in [0.4, 0.5) is 0 Å². The van der Waals surface area contributed by atoms with E-state index in [-0.39, 0.29) is 11.3 Å². The van der Waals surface area contributed by atoms with Gasteiger partial charge in [-0.3, -0.25) is 4.79 Å². The third kappa shape index (κ3) is 3.41. The molecule has 1 saturated heterocycles. The third-order valence-electron chi connectivity index (χ3n) is 6.59. The van der Waals surface area contributed by atoms with Crippen molar-refractivity contribution in [3.8, 4) is 11.1 Å². The number of carbonyl (C=O) groups excluding carboxylic acids is 1. The van der Waals surface area contributed by atoms with E-state index in [9.17, 15) is 4.79 Å². The minimum atomic E-state index is 0.159. The second-order valence-corrected chi connectivity index (χ2v) is 8.20. The molecule has 1 saturated carbocycles. The van der Waals surface area contributed by atoms with Crippen molar-refractivity contribution in [2.75, 3.05) is 20.2 Å². The number of hydrogen-bond donors (Lipinski definition) is 0. The summed E-state index contributed by atoms with van der Waals surface area (Å²) in [5.41, 5.74) is 4.60. The first kappa shape index (κ1) is 18.2. The van der Waals surface area contributed by atoms with Crippen LogP contribution in [-0.4, -0.2) is 37.1 Å². The summed E-state index contributed by atoms with van der Waals surface area (Å²) in [5.74, 6) is 0.159. The third-order valence-corrected chi connectivity index (χ3v) is 6.59. The van der Waals surface area contributed by atoms with Gasteiger partial charge in [-0.2, -0.15) is 0 Å². The molecule has 0 N–H and O–H groups in total. The fourth-order valence-electron chi connectivity index (χ4n) is 5.15. The average molecular weight is 364 g/mol. The Balaban J connectivity index is 1.52. The molecular formula is C24H29NO2. The van der Waals surface area contributed by atoms with Crippen molar-refractivity contribution >= 4 is 5.91 Å². The standard InChI is InChI=1S/C24H29NO2/c1-18-7-3-4-8-21(18)19-10-12-20(13-11-19)23(26)25-16-6-15-24(17-25)14-5-9-22(24)27-2/h3-4,7-8,10-13,22H,5-6,9,14-17H2,1-2H3/t22-,24-/m1/s1. The predicted octanol–water partition coefficient (Wildman–Crippen LogP) is 5.08. The molecule has 2 aromatic carbocycles. The Hall–Kier alpha value is -2.13. The number of benzene rings is 2. The van der Waals surface area contributed by atoms with Crippen molar-refractivity contribution in [2.24, 2.45) is 5.41 Å². The maximum atomic E-state index is 13.1. The molecule has 0 aromatic heterocycles. The van der Waals surface area contributed by atoms with Crippen molar-refractivity contribution in [2.45, 2.75) is 45.1 Å². The number of nitrogens with zero attached hydrogens (tertiary/aromatic N) is 1. The highest BCUT2D eigenvalue weighted by molar-refractivity contribution is 5.95. The zero-order chi connectivity index (χ0) is 18.9. The number of aryl methyl sites for hydroxylation is 1. The molecule has 4 rings (SSSR count). The Morgan fingerprint density at radius 2 is 1.81 bits per heavy atom. The van der Waals surface area contributed by atoms with Gasteiger partial charge in [0.1, 0.15) is 0 Å². The van der Waals surface area contributed by atoms with Gasteiger partial charge >= 0.3 is 0 Å². The minimum absolute atomic E-state index is 0.159. The summed E-state index contributed by atoms with van der Waals surface area (Å²) in [4.78, 5) is 15.2. The lowest BCUT2D eigenvalue weighted by atomic mass is 9.76. The van der Waals surface area contributed by atoms with E-state index in [1.54, 1.807) is 0 Å². The molecule has 0 bridgehead atoms. The maximum absolute atomic E-state index is 13.1. The Morgan fingerprint density at radius 3 is 2.56 bits per heavy atom. The van der Waals surface area contributed by atoms with Crippen LogP contribution in [0.5, 0.6) is 0 Å². The van der Waals surface area contributed by atoms with Crippen LogP contribution in [0.2, 0.25) is 0 Å². The van der Waals surface area contributed by atoms with E-state index in [4.69, 9.17) is 4.74 Å². The first-order chi connectivity index (χ1) is 13.1.